The number of carbonyl (C=O) groups is 1. The normalized spacial score (nSPS) is 17.7. The number of alkyl halides is 3. The van der Waals surface area contributed by atoms with Crippen molar-refractivity contribution in [3.05, 3.63) is 51.7 Å². The van der Waals surface area contributed by atoms with Gasteiger partial charge in [-0.1, -0.05) is 0 Å². The van der Waals surface area contributed by atoms with Crippen LogP contribution < -0.4 is 5.56 Å². The van der Waals surface area contributed by atoms with Crippen molar-refractivity contribution >= 4 is 5.91 Å². The van der Waals surface area contributed by atoms with E-state index in [1.807, 2.05) is 24.6 Å². The molecule has 9 heteroatoms. The van der Waals surface area contributed by atoms with Gasteiger partial charge in [0.25, 0.3) is 5.56 Å². The smallest absolute Gasteiger partial charge is 0.339 e. The monoisotopic (exact) mass is 368 g/mol. The van der Waals surface area contributed by atoms with Gasteiger partial charge in [0.1, 0.15) is 12.1 Å². The third-order valence-electron chi connectivity index (χ3n) is 4.54. The molecule has 0 aliphatic carbocycles. The van der Waals surface area contributed by atoms with Crippen LogP contribution in [0, 0.1) is 13.8 Å². The van der Waals surface area contributed by atoms with Crippen LogP contribution in [0.1, 0.15) is 29.4 Å². The molecule has 26 heavy (non-hydrogen) atoms. The van der Waals surface area contributed by atoms with Gasteiger partial charge in [0.2, 0.25) is 5.91 Å². The molecule has 6 nitrogen and oxygen atoms in total. The first-order valence-corrected chi connectivity index (χ1v) is 8.24. The lowest BCUT2D eigenvalue weighted by molar-refractivity contribution is -0.139. The van der Waals surface area contributed by atoms with Gasteiger partial charge >= 0.3 is 6.18 Å². The Balaban J connectivity index is 1.72. The summed E-state index contributed by atoms with van der Waals surface area (Å²) in [5.74, 6) is -0.379. The molecule has 1 aliphatic rings. The number of nitrogens with zero attached hydrogens (tertiary/aromatic N) is 4. The first-order valence-electron chi connectivity index (χ1n) is 8.24. The summed E-state index contributed by atoms with van der Waals surface area (Å²) < 4.78 is 41.2. The average molecular weight is 368 g/mol. The molecule has 1 aliphatic heterocycles. The van der Waals surface area contributed by atoms with Gasteiger partial charge in [-0.05, 0) is 38.5 Å². The minimum absolute atomic E-state index is 0.0332. The highest BCUT2D eigenvalue weighted by Gasteiger charge is 2.35. The summed E-state index contributed by atoms with van der Waals surface area (Å²) >= 11 is 0. The molecule has 1 atom stereocenters. The van der Waals surface area contributed by atoms with Crippen LogP contribution in [0.4, 0.5) is 13.2 Å². The third-order valence-corrected chi connectivity index (χ3v) is 4.54. The van der Waals surface area contributed by atoms with Gasteiger partial charge in [0, 0.05) is 25.0 Å². The van der Waals surface area contributed by atoms with Crippen molar-refractivity contribution in [3.63, 3.8) is 0 Å². The summed E-state index contributed by atoms with van der Waals surface area (Å²) in [5, 5.41) is 4.42. The molecular weight excluding hydrogens is 349 g/mol. The van der Waals surface area contributed by atoms with Crippen molar-refractivity contribution in [2.75, 3.05) is 13.1 Å². The minimum Gasteiger partial charge on any atom is -0.339 e. The lowest BCUT2D eigenvalue weighted by atomic mass is 10.2. The van der Waals surface area contributed by atoms with Crippen molar-refractivity contribution in [2.24, 2.45) is 0 Å². The van der Waals surface area contributed by atoms with E-state index in [9.17, 15) is 22.8 Å². The summed E-state index contributed by atoms with van der Waals surface area (Å²) in [6.07, 6.45) is -2.83. The number of carbonyl (C=O) groups excluding carboxylic acids is 1. The van der Waals surface area contributed by atoms with E-state index in [4.69, 9.17) is 0 Å². The Labute approximate surface area is 147 Å². The maximum atomic E-state index is 12.8. The SMILES string of the molecule is Cc1cc(C)n([C@H]2CCN(C(=O)Cn3cccc(C(F)(F)F)c3=O)C2)n1. The molecular formula is C17H19F3N4O2. The van der Waals surface area contributed by atoms with Crippen LogP contribution in [-0.2, 0) is 17.5 Å². The van der Waals surface area contributed by atoms with Crippen LogP contribution >= 0.6 is 0 Å². The van der Waals surface area contributed by atoms with E-state index in [0.29, 0.717) is 19.5 Å². The number of pyridine rings is 1. The number of hydrogen-bond donors (Lipinski definition) is 0. The van der Waals surface area contributed by atoms with Gasteiger partial charge in [0.05, 0.1) is 11.7 Å². The molecule has 1 amide bonds. The van der Waals surface area contributed by atoms with E-state index in [0.717, 1.165) is 28.1 Å². The van der Waals surface area contributed by atoms with E-state index >= 15 is 0 Å². The second kappa shape index (κ2) is 6.62. The Bertz CT molecular complexity index is 885. The third kappa shape index (κ3) is 3.51. The molecule has 3 heterocycles. The maximum absolute atomic E-state index is 12.8. The molecule has 140 valence electrons. The molecule has 0 saturated carbocycles. The highest BCUT2D eigenvalue weighted by molar-refractivity contribution is 5.76. The number of amides is 1. The Morgan fingerprint density at radius 3 is 2.69 bits per heavy atom. The van der Waals surface area contributed by atoms with Gasteiger partial charge in [-0.15, -0.1) is 0 Å². The molecule has 0 spiro atoms. The molecule has 1 fully saturated rings. The molecule has 0 bridgehead atoms. The summed E-state index contributed by atoms with van der Waals surface area (Å²) in [7, 11) is 0. The number of halogens is 3. The van der Waals surface area contributed by atoms with E-state index in [1.54, 1.807) is 4.90 Å². The van der Waals surface area contributed by atoms with Crippen LogP contribution in [0.2, 0.25) is 0 Å². The number of aromatic nitrogens is 3. The molecule has 1 saturated heterocycles. The van der Waals surface area contributed by atoms with Crippen LogP contribution in [-0.4, -0.2) is 38.2 Å². The summed E-state index contributed by atoms with van der Waals surface area (Å²) in [4.78, 5) is 26.0. The number of hydrogen-bond acceptors (Lipinski definition) is 3. The quantitative estimate of drug-likeness (QED) is 0.834. The minimum atomic E-state index is -4.74. The highest BCUT2D eigenvalue weighted by Crippen LogP contribution is 2.26. The van der Waals surface area contributed by atoms with E-state index < -0.39 is 23.8 Å². The topological polar surface area (TPSA) is 60.1 Å². The zero-order valence-corrected chi connectivity index (χ0v) is 14.5. The fraction of sp³-hybridized carbons (Fsp3) is 0.471. The van der Waals surface area contributed by atoms with Crippen LogP contribution in [0.5, 0.6) is 0 Å². The summed E-state index contributed by atoms with van der Waals surface area (Å²) in [5.41, 5.74) is -0.587. The molecule has 3 rings (SSSR count). The van der Waals surface area contributed by atoms with Gasteiger partial charge in [0.15, 0.2) is 0 Å². The molecule has 0 unspecified atom stereocenters. The van der Waals surface area contributed by atoms with Crippen molar-refractivity contribution in [3.8, 4) is 0 Å². The summed E-state index contributed by atoms with van der Waals surface area (Å²) in [6, 6.07) is 3.83. The Hall–Kier alpha value is -2.58. The largest absolute Gasteiger partial charge is 0.421 e. The van der Waals surface area contributed by atoms with Gasteiger partial charge in [-0.2, -0.15) is 18.3 Å². The second-order valence-electron chi connectivity index (χ2n) is 6.51. The van der Waals surface area contributed by atoms with Crippen LogP contribution in [0.15, 0.2) is 29.2 Å². The van der Waals surface area contributed by atoms with Gasteiger partial charge < -0.3 is 9.47 Å². The van der Waals surface area contributed by atoms with E-state index in [1.165, 1.54) is 6.20 Å². The molecule has 0 N–H and O–H groups in total. The summed E-state index contributed by atoms with van der Waals surface area (Å²) in [6.45, 7) is 4.32. The molecule has 0 radical (unpaired) electrons. The zero-order valence-electron chi connectivity index (χ0n) is 14.5. The van der Waals surface area contributed by atoms with E-state index in [2.05, 4.69) is 5.10 Å². The highest BCUT2D eigenvalue weighted by atomic mass is 19.4. The van der Waals surface area contributed by atoms with Crippen LogP contribution in [0.25, 0.3) is 0 Å². The Morgan fingerprint density at radius 1 is 1.35 bits per heavy atom. The predicted octanol–water partition coefficient (Wildman–Crippen LogP) is 2.15. The predicted molar refractivity (Wildman–Crippen MR) is 87.6 cm³/mol. The fourth-order valence-corrected chi connectivity index (χ4v) is 3.31. The van der Waals surface area contributed by atoms with Gasteiger partial charge in [-0.3, -0.25) is 14.3 Å². The number of likely N-dealkylation sites (tertiary alicyclic amines) is 1. The van der Waals surface area contributed by atoms with Crippen molar-refractivity contribution in [2.45, 2.75) is 39.0 Å². The van der Waals surface area contributed by atoms with Crippen molar-refractivity contribution < 1.29 is 18.0 Å². The maximum Gasteiger partial charge on any atom is 0.421 e. The average Bonchev–Trinajstić information content (AvgIpc) is 3.14. The standard InChI is InChI=1S/C17H19F3N4O2/c1-11-8-12(2)24(21-11)13-5-7-22(9-13)15(25)10-23-6-3-4-14(16(23)26)17(18,19)20/h3-4,6,8,13H,5,7,9-10H2,1-2H3/t13-/m0/s1. The van der Waals surface area contributed by atoms with Crippen LogP contribution in [0.3, 0.4) is 0 Å². The molecule has 2 aromatic heterocycles. The Morgan fingerprint density at radius 2 is 2.08 bits per heavy atom. The fourth-order valence-electron chi connectivity index (χ4n) is 3.31. The number of rotatable bonds is 3. The molecule has 2 aromatic rings. The lowest BCUT2D eigenvalue weighted by Gasteiger charge is -2.18. The van der Waals surface area contributed by atoms with Crippen molar-refractivity contribution in [1.82, 2.24) is 19.2 Å². The molecule has 0 aromatic carbocycles. The second-order valence-corrected chi connectivity index (χ2v) is 6.51. The zero-order chi connectivity index (χ0) is 19.1. The lowest BCUT2D eigenvalue weighted by Crippen LogP contribution is -2.37. The number of aryl methyl sites for hydroxylation is 2. The first kappa shape index (κ1) is 18.2. The van der Waals surface area contributed by atoms with Gasteiger partial charge in [-0.25, -0.2) is 0 Å². The Kier molecular flexibility index (Phi) is 4.64. The van der Waals surface area contributed by atoms with E-state index in [-0.39, 0.29) is 11.9 Å². The first-order chi connectivity index (χ1) is 12.2. The van der Waals surface area contributed by atoms with Crippen molar-refractivity contribution in [1.29, 1.82) is 0 Å².